The molecule has 0 spiro atoms. The average molecular weight is 321 g/mol. The zero-order chi connectivity index (χ0) is 16.9. The molecule has 3 rings (SSSR count). The van der Waals surface area contributed by atoms with Gasteiger partial charge in [-0.1, -0.05) is 30.3 Å². The number of rotatable bonds is 5. The predicted octanol–water partition coefficient (Wildman–Crippen LogP) is 4.17. The molecule has 0 fully saturated rings. The van der Waals surface area contributed by atoms with Crippen molar-refractivity contribution in [3.05, 3.63) is 71.9 Å². The first kappa shape index (κ1) is 15.9. The Kier molecular flexibility index (Phi) is 4.66. The maximum Gasteiger partial charge on any atom is 0.331 e. The molecule has 1 aromatic heterocycles. The van der Waals surface area contributed by atoms with E-state index < -0.39 is 0 Å². The minimum Gasteiger partial charge on any atom is -0.496 e. The number of ether oxygens (including phenoxy) is 2. The number of carbonyl (C=O) groups excluding carboxylic acids is 1. The third-order valence-electron chi connectivity index (χ3n) is 3.80. The number of carbonyl (C=O) groups is 1. The van der Waals surface area contributed by atoms with Crippen LogP contribution in [0.2, 0.25) is 0 Å². The average Bonchev–Trinajstić information content (AvgIpc) is 3.08. The predicted molar refractivity (Wildman–Crippen MR) is 95.0 cm³/mol. The number of fused-ring (bicyclic) bond motifs is 1. The molecule has 0 bridgehead atoms. The van der Waals surface area contributed by atoms with Gasteiger partial charge >= 0.3 is 5.97 Å². The molecule has 0 saturated heterocycles. The normalized spacial score (nSPS) is 11.5. The van der Waals surface area contributed by atoms with Crippen LogP contribution in [-0.4, -0.2) is 24.7 Å². The number of methoxy groups -OCH3 is 1. The van der Waals surface area contributed by atoms with Crippen LogP contribution in [0.4, 0.5) is 0 Å². The number of hydrogen-bond acceptors (Lipinski definition) is 3. The molecule has 122 valence electrons. The third-order valence-corrected chi connectivity index (χ3v) is 3.80. The molecule has 0 aliphatic rings. The lowest BCUT2D eigenvalue weighted by Crippen LogP contribution is -2.02. The van der Waals surface area contributed by atoms with Crippen molar-refractivity contribution < 1.29 is 14.3 Å². The highest BCUT2D eigenvalue weighted by atomic mass is 16.5. The Hall–Kier alpha value is -3.01. The van der Waals surface area contributed by atoms with Crippen molar-refractivity contribution in [2.45, 2.75) is 6.92 Å². The van der Waals surface area contributed by atoms with Gasteiger partial charge in [-0.25, -0.2) is 4.79 Å². The zero-order valence-electron chi connectivity index (χ0n) is 13.7. The molecule has 0 saturated carbocycles. The molecule has 4 heteroatoms. The number of H-pyrrole nitrogens is 1. The van der Waals surface area contributed by atoms with Gasteiger partial charge in [0, 0.05) is 23.2 Å². The molecule has 0 unspecified atom stereocenters. The van der Waals surface area contributed by atoms with Crippen molar-refractivity contribution in [2.75, 3.05) is 13.7 Å². The summed E-state index contributed by atoms with van der Waals surface area (Å²) in [5.74, 6) is 0.399. The number of esters is 1. The van der Waals surface area contributed by atoms with Crippen LogP contribution in [0, 0.1) is 0 Å². The van der Waals surface area contributed by atoms with Crippen LogP contribution < -0.4 is 4.74 Å². The second kappa shape index (κ2) is 7.04. The van der Waals surface area contributed by atoms with E-state index in [0.717, 1.165) is 33.4 Å². The quantitative estimate of drug-likeness (QED) is 0.567. The van der Waals surface area contributed by atoms with Crippen LogP contribution in [0.3, 0.4) is 0 Å². The SMILES string of the molecule is CCOC(=O)C=C(c1ccccc1)c1cc(OC)c2cc[nH]c2c1. The van der Waals surface area contributed by atoms with Gasteiger partial charge in [0.2, 0.25) is 0 Å². The molecule has 0 radical (unpaired) electrons. The molecule has 1 heterocycles. The molecular weight excluding hydrogens is 302 g/mol. The summed E-state index contributed by atoms with van der Waals surface area (Å²) in [6.07, 6.45) is 3.40. The second-order valence-corrected chi connectivity index (χ2v) is 5.29. The van der Waals surface area contributed by atoms with Crippen molar-refractivity contribution in [3.63, 3.8) is 0 Å². The van der Waals surface area contributed by atoms with Crippen LogP contribution in [0.5, 0.6) is 5.75 Å². The Morgan fingerprint density at radius 2 is 1.92 bits per heavy atom. The third kappa shape index (κ3) is 3.18. The van der Waals surface area contributed by atoms with E-state index in [0.29, 0.717) is 6.61 Å². The maximum absolute atomic E-state index is 12.0. The maximum atomic E-state index is 12.0. The summed E-state index contributed by atoms with van der Waals surface area (Å²) in [7, 11) is 1.64. The minimum absolute atomic E-state index is 0.344. The molecule has 0 aliphatic carbocycles. The highest BCUT2D eigenvalue weighted by Gasteiger charge is 2.12. The smallest absolute Gasteiger partial charge is 0.331 e. The first-order valence-corrected chi connectivity index (χ1v) is 7.82. The van der Waals surface area contributed by atoms with E-state index in [1.165, 1.54) is 6.08 Å². The molecule has 0 amide bonds. The van der Waals surface area contributed by atoms with Crippen LogP contribution in [-0.2, 0) is 9.53 Å². The molecule has 4 nitrogen and oxygen atoms in total. The summed E-state index contributed by atoms with van der Waals surface area (Å²) in [4.78, 5) is 15.2. The number of benzene rings is 2. The van der Waals surface area contributed by atoms with E-state index >= 15 is 0 Å². The minimum atomic E-state index is -0.359. The van der Waals surface area contributed by atoms with E-state index in [2.05, 4.69) is 4.98 Å². The monoisotopic (exact) mass is 321 g/mol. The molecule has 1 N–H and O–H groups in total. The largest absolute Gasteiger partial charge is 0.496 e. The fourth-order valence-electron chi connectivity index (χ4n) is 2.71. The van der Waals surface area contributed by atoms with Crippen molar-refractivity contribution in [1.29, 1.82) is 0 Å². The van der Waals surface area contributed by atoms with Gasteiger partial charge in [-0.15, -0.1) is 0 Å². The van der Waals surface area contributed by atoms with Crippen LogP contribution >= 0.6 is 0 Å². The molecule has 2 aromatic carbocycles. The summed E-state index contributed by atoms with van der Waals surface area (Å²) >= 11 is 0. The number of aromatic nitrogens is 1. The van der Waals surface area contributed by atoms with Crippen LogP contribution in [0.25, 0.3) is 16.5 Å². The Morgan fingerprint density at radius 3 is 2.62 bits per heavy atom. The standard InChI is InChI=1S/C20H19NO3/c1-3-24-20(22)13-17(14-7-5-4-6-8-14)15-11-18-16(9-10-21-18)19(12-15)23-2/h4-13,21H,3H2,1-2H3. The van der Waals surface area contributed by atoms with Crippen molar-refractivity contribution in [3.8, 4) is 5.75 Å². The van der Waals surface area contributed by atoms with Gasteiger partial charge in [0.1, 0.15) is 5.75 Å². The molecule has 24 heavy (non-hydrogen) atoms. The first-order valence-electron chi connectivity index (χ1n) is 7.82. The van der Waals surface area contributed by atoms with Gasteiger partial charge in [0.05, 0.1) is 13.7 Å². The van der Waals surface area contributed by atoms with E-state index in [4.69, 9.17) is 9.47 Å². The summed E-state index contributed by atoms with van der Waals surface area (Å²) < 4.78 is 10.6. The second-order valence-electron chi connectivity index (χ2n) is 5.29. The van der Waals surface area contributed by atoms with E-state index in [9.17, 15) is 4.79 Å². The van der Waals surface area contributed by atoms with E-state index in [-0.39, 0.29) is 5.97 Å². The molecule has 0 atom stereocenters. The van der Waals surface area contributed by atoms with E-state index in [1.54, 1.807) is 14.0 Å². The fourth-order valence-corrected chi connectivity index (χ4v) is 2.71. The highest BCUT2D eigenvalue weighted by molar-refractivity contribution is 5.99. The summed E-state index contributed by atoms with van der Waals surface area (Å²) in [6.45, 7) is 2.14. The van der Waals surface area contributed by atoms with Gasteiger partial charge < -0.3 is 14.5 Å². The van der Waals surface area contributed by atoms with Gasteiger partial charge in [-0.05, 0) is 41.8 Å². The number of nitrogens with one attached hydrogen (secondary N) is 1. The zero-order valence-corrected chi connectivity index (χ0v) is 13.7. The summed E-state index contributed by atoms with van der Waals surface area (Å²) in [5, 5.41) is 1.00. The van der Waals surface area contributed by atoms with Crippen LogP contribution in [0.15, 0.2) is 60.8 Å². The van der Waals surface area contributed by atoms with Crippen LogP contribution in [0.1, 0.15) is 18.1 Å². The van der Waals surface area contributed by atoms with Crippen molar-refractivity contribution in [1.82, 2.24) is 4.98 Å². The first-order chi connectivity index (χ1) is 11.7. The topological polar surface area (TPSA) is 51.3 Å². The van der Waals surface area contributed by atoms with Gasteiger partial charge in [0.15, 0.2) is 0 Å². The highest BCUT2D eigenvalue weighted by Crippen LogP contribution is 2.32. The van der Waals surface area contributed by atoms with Crippen molar-refractivity contribution >= 4 is 22.4 Å². The molecule has 3 aromatic rings. The van der Waals surface area contributed by atoms with Gasteiger partial charge in [-0.2, -0.15) is 0 Å². The lowest BCUT2D eigenvalue weighted by atomic mass is 9.96. The Bertz CT molecular complexity index is 878. The Labute approximate surface area is 140 Å². The van der Waals surface area contributed by atoms with Crippen molar-refractivity contribution in [2.24, 2.45) is 0 Å². The number of hydrogen-bond donors (Lipinski definition) is 1. The van der Waals surface area contributed by atoms with Gasteiger partial charge in [-0.3, -0.25) is 0 Å². The number of aromatic amines is 1. The summed E-state index contributed by atoms with van der Waals surface area (Å²) in [6, 6.07) is 15.7. The van der Waals surface area contributed by atoms with E-state index in [1.807, 2.05) is 54.7 Å². The Balaban J connectivity index is 2.17. The fraction of sp³-hybridized carbons (Fsp3) is 0.150. The Morgan fingerprint density at radius 1 is 1.12 bits per heavy atom. The van der Waals surface area contributed by atoms with Gasteiger partial charge in [0.25, 0.3) is 0 Å². The molecule has 0 aliphatic heterocycles. The lowest BCUT2D eigenvalue weighted by Gasteiger charge is -2.11. The summed E-state index contributed by atoms with van der Waals surface area (Å²) in [5.41, 5.74) is 3.58. The lowest BCUT2D eigenvalue weighted by molar-refractivity contribution is -0.137. The molecular formula is C20H19NO3.